The van der Waals surface area contributed by atoms with Crippen molar-refractivity contribution in [1.29, 1.82) is 5.26 Å². The molecule has 0 aliphatic rings. The summed E-state index contributed by atoms with van der Waals surface area (Å²) in [5.41, 5.74) is 2.06. The molecule has 0 aliphatic carbocycles. The summed E-state index contributed by atoms with van der Waals surface area (Å²) in [5.74, 6) is -0.684. The van der Waals surface area contributed by atoms with E-state index in [-0.39, 0.29) is 17.7 Å². The van der Waals surface area contributed by atoms with Crippen molar-refractivity contribution in [3.8, 4) is 17.6 Å². The molecule has 0 atom stereocenters. The molecular weight excluding hydrogens is 488 g/mol. The van der Waals surface area contributed by atoms with Crippen LogP contribution in [0.4, 0.5) is 5.69 Å². The second kappa shape index (κ2) is 11.0. The molecular formula is C25H19BrN2O5. The zero-order chi connectivity index (χ0) is 23.8. The average molecular weight is 507 g/mol. The molecule has 3 rings (SSSR count). The lowest BCUT2D eigenvalue weighted by Gasteiger charge is -2.14. The lowest BCUT2D eigenvalue weighted by atomic mass is 10.1. The van der Waals surface area contributed by atoms with Gasteiger partial charge in [0.2, 0.25) is 0 Å². The van der Waals surface area contributed by atoms with Gasteiger partial charge in [-0.1, -0.05) is 30.3 Å². The lowest BCUT2D eigenvalue weighted by Crippen LogP contribution is -2.13. The molecule has 0 saturated carbocycles. The number of ether oxygens (including phenoxy) is 2. The third-order valence-electron chi connectivity index (χ3n) is 4.54. The van der Waals surface area contributed by atoms with Crippen LogP contribution < -0.4 is 14.8 Å². The zero-order valence-corrected chi connectivity index (χ0v) is 19.1. The SMILES string of the molecule is COc1cc(/C=C(/C#N)C(=O)Nc2ccccc2)cc(Br)c1OCc1ccc(C(=O)O)cc1. The molecule has 0 fully saturated rings. The number of hydrogen-bond acceptors (Lipinski definition) is 5. The highest BCUT2D eigenvalue weighted by Gasteiger charge is 2.14. The second-order valence-corrected chi connectivity index (χ2v) is 7.67. The van der Waals surface area contributed by atoms with E-state index in [2.05, 4.69) is 21.2 Å². The summed E-state index contributed by atoms with van der Waals surface area (Å²) < 4.78 is 11.9. The van der Waals surface area contributed by atoms with E-state index < -0.39 is 11.9 Å². The number of halogens is 1. The number of nitriles is 1. The van der Waals surface area contributed by atoms with Gasteiger partial charge in [-0.2, -0.15) is 5.26 Å². The van der Waals surface area contributed by atoms with E-state index in [9.17, 15) is 14.9 Å². The third-order valence-corrected chi connectivity index (χ3v) is 5.13. The summed E-state index contributed by atoms with van der Waals surface area (Å²) in [6.07, 6.45) is 1.46. The number of amides is 1. The topological polar surface area (TPSA) is 109 Å². The smallest absolute Gasteiger partial charge is 0.335 e. The Morgan fingerprint density at radius 2 is 1.82 bits per heavy atom. The van der Waals surface area contributed by atoms with Gasteiger partial charge in [0.15, 0.2) is 11.5 Å². The number of aromatic carboxylic acids is 1. The fourth-order valence-electron chi connectivity index (χ4n) is 2.90. The van der Waals surface area contributed by atoms with Crippen LogP contribution in [0.3, 0.4) is 0 Å². The molecule has 0 heterocycles. The highest BCUT2D eigenvalue weighted by molar-refractivity contribution is 9.10. The van der Waals surface area contributed by atoms with Crippen molar-refractivity contribution in [2.24, 2.45) is 0 Å². The number of anilines is 1. The summed E-state index contributed by atoms with van der Waals surface area (Å²) in [7, 11) is 1.48. The first-order valence-corrected chi connectivity index (χ1v) is 10.5. The van der Waals surface area contributed by atoms with Crippen LogP contribution in [0.5, 0.6) is 11.5 Å². The monoisotopic (exact) mass is 506 g/mol. The van der Waals surface area contributed by atoms with Gasteiger partial charge in [-0.15, -0.1) is 0 Å². The minimum atomic E-state index is -0.996. The minimum absolute atomic E-state index is 0.0694. The van der Waals surface area contributed by atoms with Crippen LogP contribution in [0, 0.1) is 11.3 Å². The molecule has 0 unspecified atom stereocenters. The Kier molecular flexibility index (Phi) is 7.84. The van der Waals surface area contributed by atoms with Gasteiger partial charge in [-0.05, 0) is 69.5 Å². The van der Waals surface area contributed by atoms with Crippen molar-refractivity contribution in [3.63, 3.8) is 0 Å². The number of carbonyl (C=O) groups excluding carboxylic acids is 1. The molecule has 0 spiro atoms. The number of rotatable bonds is 8. The molecule has 0 radical (unpaired) electrons. The summed E-state index contributed by atoms with van der Waals surface area (Å²) in [6, 6.07) is 20.5. The lowest BCUT2D eigenvalue weighted by molar-refractivity contribution is -0.112. The van der Waals surface area contributed by atoms with Crippen LogP contribution in [0.2, 0.25) is 0 Å². The van der Waals surface area contributed by atoms with Gasteiger partial charge in [0.25, 0.3) is 5.91 Å². The predicted molar refractivity (Wildman–Crippen MR) is 127 cm³/mol. The number of hydrogen-bond donors (Lipinski definition) is 2. The van der Waals surface area contributed by atoms with Crippen LogP contribution in [0.15, 0.2) is 76.8 Å². The number of para-hydroxylation sites is 1. The van der Waals surface area contributed by atoms with Crippen molar-refractivity contribution in [2.45, 2.75) is 6.61 Å². The molecule has 1 amide bonds. The predicted octanol–water partition coefficient (Wildman–Crippen LogP) is 5.28. The highest BCUT2D eigenvalue weighted by Crippen LogP contribution is 2.37. The van der Waals surface area contributed by atoms with Crippen molar-refractivity contribution in [2.75, 3.05) is 12.4 Å². The number of carboxylic acids is 1. The van der Waals surface area contributed by atoms with Crippen LogP contribution >= 0.6 is 15.9 Å². The van der Waals surface area contributed by atoms with Crippen molar-refractivity contribution in [3.05, 3.63) is 93.5 Å². The van der Waals surface area contributed by atoms with Crippen LogP contribution in [0.25, 0.3) is 6.08 Å². The summed E-state index contributed by atoms with van der Waals surface area (Å²) in [5, 5.41) is 21.1. The minimum Gasteiger partial charge on any atom is -0.493 e. The Labute approximate surface area is 199 Å². The highest BCUT2D eigenvalue weighted by atomic mass is 79.9. The number of methoxy groups -OCH3 is 1. The van der Waals surface area contributed by atoms with Crippen molar-refractivity contribution < 1.29 is 24.2 Å². The van der Waals surface area contributed by atoms with Gasteiger partial charge in [-0.25, -0.2) is 4.79 Å². The molecule has 2 N–H and O–H groups in total. The number of nitrogens with zero attached hydrogens (tertiary/aromatic N) is 1. The molecule has 0 saturated heterocycles. The standard InChI is InChI=1S/C25H19BrN2O5/c1-32-22-13-17(11-19(14-27)24(29)28-20-5-3-2-4-6-20)12-21(26)23(22)33-15-16-7-9-18(10-8-16)25(30)31/h2-13H,15H2,1H3,(H,28,29)(H,30,31)/b19-11-. The number of benzene rings is 3. The van der Waals surface area contributed by atoms with Gasteiger partial charge in [-0.3, -0.25) is 4.79 Å². The van der Waals surface area contributed by atoms with E-state index in [1.54, 1.807) is 48.5 Å². The van der Waals surface area contributed by atoms with Gasteiger partial charge in [0.05, 0.1) is 17.1 Å². The molecule has 8 heteroatoms. The second-order valence-electron chi connectivity index (χ2n) is 6.81. The number of carboxylic acid groups (broad SMARTS) is 1. The maximum Gasteiger partial charge on any atom is 0.335 e. The first-order chi connectivity index (χ1) is 15.9. The average Bonchev–Trinajstić information content (AvgIpc) is 2.82. The van der Waals surface area contributed by atoms with E-state index in [0.29, 0.717) is 27.2 Å². The Morgan fingerprint density at radius 1 is 1.12 bits per heavy atom. The Morgan fingerprint density at radius 3 is 2.42 bits per heavy atom. The van der Waals surface area contributed by atoms with E-state index in [4.69, 9.17) is 14.6 Å². The Balaban J connectivity index is 1.79. The summed E-state index contributed by atoms with van der Waals surface area (Å²) >= 11 is 3.45. The van der Waals surface area contributed by atoms with E-state index >= 15 is 0 Å². The maximum atomic E-state index is 12.5. The van der Waals surface area contributed by atoms with Crippen LogP contribution in [-0.4, -0.2) is 24.1 Å². The number of carbonyl (C=O) groups is 2. The fraction of sp³-hybridized carbons (Fsp3) is 0.0800. The first kappa shape index (κ1) is 23.6. The quantitative estimate of drug-likeness (QED) is 0.317. The molecule has 166 valence electrons. The Hall–Kier alpha value is -4.09. The van der Waals surface area contributed by atoms with Crippen LogP contribution in [-0.2, 0) is 11.4 Å². The molecule has 33 heavy (non-hydrogen) atoms. The normalized spacial score (nSPS) is 10.8. The first-order valence-electron chi connectivity index (χ1n) is 9.72. The van der Waals surface area contributed by atoms with Crippen LogP contribution in [0.1, 0.15) is 21.5 Å². The molecule has 0 bridgehead atoms. The van der Waals surface area contributed by atoms with Gasteiger partial charge in [0, 0.05) is 5.69 Å². The molecule has 7 nitrogen and oxygen atoms in total. The third kappa shape index (κ3) is 6.21. The van der Waals surface area contributed by atoms with Gasteiger partial charge < -0.3 is 19.9 Å². The zero-order valence-electron chi connectivity index (χ0n) is 17.5. The Bertz CT molecular complexity index is 1230. The van der Waals surface area contributed by atoms with Crippen molar-refractivity contribution in [1.82, 2.24) is 0 Å². The summed E-state index contributed by atoms with van der Waals surface area (Å²) in [4.78, 5) is 23.5. The molecule has 0 aliphatic heterocycles. The van der Waals surface area contributed by atoms with E-state index in [1.807, 2.05) is 12.1 Å². The molecule has 3 aromatic carbocycles. The maximum absolute atomic E-state index is 12.5. The molecule has 0 aromatic heterocycles. The van der Waals surface area contributed by atoms with Gasteiger partial charge >= 0.3 is 5.97 Å². The van der Waals surface area contributed by atoms with Crippen molar-refractivity contribution >= 4 is 39.6 Å². The fourth-order valence-corrected chi connectivity index (χ4v) is 3.47. The van der Waals surface area contributed by atoms with E-state index in [1.165, 1.54) is 25.3 Å². The number of nitrogens with one attached hydrogen (secondary N) is 1. The van der Waals surface area contributed by atoms with Gasteiger partial charge in [0.1, 0.15) is 18.2 Å². The molecule has 3 aromatic rings. The summed E-state index contributed by atoms with van der Waals surface area (Å²) in [6.45, 7) is 0.187. The van der Waals surface area contributed by atoms with E-state index in [0.717, 1.165) is 5.56 Å². The largest absolute Gasteiger partial charge is 0.493 e.